The highest BCUT2D eigenvalue weighted by Gasteiger charge is 2.40. The van der Waals surface area contributed by atoms with E-state index >= 15 is 0 Å². The fourth-order valence-electron chi connectivity index (χ4n) is 3.51. The van der Waals surface area contributed by atoms with E-state index in [4.69, 9.17) is 11.6 Å². The minimum absolute atomic E-state index is 0.405. The number of nitrogens with zero attached hydrogens (tertiary/aromatic N) is 1. The van der Waals surface area contributed by atoms with Gasteiger partial charge in [0.2, 0.25) is 0 Å². The molecule has 2 fully saturated rings. The molecule has 0 N–H and O–H groups in total. The van der Waals surface area contributed by atoms with Gasteiger partial charge >= 0.3 is 0 Å². The molecule has 1 saturated carbocycles. The summed E-state index contributed by atoms with van der Waals surface area (Å²) in [6.07, 6.45) is 8.23. The second-order valence-corrected chi connectivity index (χ2v) is 6.42. The molecule has 1 nitrogen and oxygen atoms in total. The number of hydrogen-bond acceptors (Lipinski definition) is 1. The van der Waals surface area contributed by atoms with Gasteiger partial charge in [-0.25, -0.2) is 0 Å². The highest BCUT2D eigenvalue weighted by molar-refractivity contribution is 6.30. The van der Waals surface area contributed by atoms with Crippen molar-refractivity contribution < 1.29 is 0 Å². The van der Waals surface area contributed by atoms with E-state index in [0.29, 0.717) is 5.41 Å². The minimum atomic E-state index is 0.405. The van der Waals surface area contributed by atoms with Crippen LogP contribution in [0.1, 0.15) is 44.1 Å². The fourth-order valence-corrected chi connectivity index (χ4v) is 3.70. The summed E-state index contributed by atoms with van der Waals surface area (Å²) in [5.74, 6) is 0. The molecule has 1 saturated heterocycles. The molecule has 98 valence electrons. The van der Waals surface area contributed by atoms with Crippen LogP contribution in [-0.2, 0) is 5.41 Å². The van der Waals surface area contributed by atoms with Crippen molar-refractivity contribution in [3.63, 3.8) is 0 Å². The first-order chi connectivity index (χ1) is 8.78. The molecular formula is C16H22ClN. The summed E-state index contributed by atoms with van der Waals surface area (Å²) in [6.45, 7) is 3.83. The number of halogens is 1. The highest BCUT2D eigenvalue weighted by atomic mass is 35.5. The zero-order valence-corrected chi connectivity index (χ0v) is 11.8. The van der Waals surface area contributed by atoms with Crippen molar-refractivity contribution in [1.82, 2.24) is 4.90 Å². The van der Waals surface area contributed by atoms with Crippen molar-refractivity contribution in [2.75, 3.05) is 19.6 Å². The van der Waals surface area contributed by atoms with Gasteiger partial charge < -0.3 is 4.90 Å². The standard InChI is InChI=1S/C16H22ClN/c17-15-7-4-6-14(12-15)16(8-5-9-16)13-18-10-2-1-3-11-18/h4,6-7,12H,1-3,5,8-11,13H2. The third kappa shape index (κ3) is 2.44. The summed E-state index contributed by atoms with van der Waals surface area (Å²) in [4.78, 5) is 2.67. The quantitative estimate of drug-likeness (QED) is 0.788. The molecule has 1 aliphatic carbocycles. The Morgan fingerprint density at radius 3 is 2.44 bits per heavy atom. The van der Waals surface area contributed by atoms with Crippen LogP contribution in [-0.4, -0.2) is 24.5 Å². The Morgan fingerprint density at radius 2 is 1.83 bits per heavy atom. The lowest BCUT2D eigenvalue weighted by molar-refractivity contribution is 0.123. The molecule has 18 heavy (non-hydrogen) atoms. The molecule has 1 heterocycles. The van der Waals surface area contributed by atoms with Gasteiger partial charge in [0.05, 0.1) is 0 Å². The topological polar surface area (TPSA) is 3.24 Å². The van der Waals surface area contributed by atoms with Crippen LogP contribution in [0.25, 0.3) is 0 Å². The summed E-state index contributed by atoms with van der Waals surface area (Å²) in [5.41, 5.74) is 1.87. The van der Waals surface area contributed by atoms with Gasteiger partial charge in [0.15, 0.2) is 0 Å². The van der Waals surface area contributed by atoms with E-state index in [-0.39, 0.29) is 0 Å². The Bertz CT molecular complexity index is 405. The Labute approximate surface area is 115 Å². The molecule has 1 aliphatic heterocycles. The van der Waals surface area contributed by atoms with Crippen LogP contribution in [0.5, 0.6) is 0 Å². The molecule has 2 aliphatic rings. The predicted octanol–water partition coefficient (Wildman–Crippen LogP) is 4.25. The van der Waals surface area contributed by atoms with Crippen LogP contribution in [0.2, 0.25) is 5.02 Å². The van der Waals surface area contributed by atoms with Gasteiger partial charge in [0.25, 0.3) is 0 Å². The third-order valence-electron chi connectivity index (χ3n) is 4.72. The average molecular weight is 264 g/mol. The first-order valence-corrected chi connectivity index (χ1v) is 7.65. The minimum Gasteiger partial charge on any atom is -0.302 e. The predicted molar refractivity (Wildman–Crippen MR) is 77.3 cm³/mol. The van der Waals surface area contributed by atoms with Crippen LogP contribution in [0.4, 0.5) is 0 Å². The zero-order valence-electron chi connectivity index (χ0n) is 11.0. The molecule has 0 bridgehead atoms. The van der Waals surface area contributed by atoms with Gasteiger partial charge in [0, 0.05) is 17.0 Å². The van der Waals surface area contributed by atoms with Gasteiger partial charge in [-0.3, -0.25) is 0 Å². The summed E-state index contributed by atoms with van der Waals surface area (Å²) in [7, 11) is 0. The van der Waals surface area contributed by atoms with Gasteiger partial charge in [-0.2, -0.15) is 0 Å². The Morgan fingerprint density at radius 1 is 1.06 bits per heavy atom. The normalized spacial score (nSPS) is 23.6. The van der Waals surface area contributed by atoms with Crippen molar-refractivity contribution in [3.8, 4) is 0 Å². The van der Waals surface area contributed by atoms with Crippen LogP contribution >= 0.6 is 11.6 Å². The van der Waals surface area contributed by atoms with Gasteiger partial charge in [-0.15, -0.1) is 0 Å². The molecule has 0 aromatic heterocycles. The van der Waals surface area contributed by atoms with Crippen molar-refractivity contribution >= 4 is 11.6 Å². The highest BCUT2D eigenvalue weighted by Crippen LogP contribution is 2.45. The SMILES string of the molecule is Clc1cccc(C2(CN3CCCCC3)CCC2)c1. The maximum absolute atomic E-state index is 6.16. The van der Waals surface area contributed by atoms with E-state index in [0.717, 1.165) is 5.02 Å². The first kappa shape index (κ1) is 12.5. The van der Waals surface area contributed by atoms with Crippen LogP contribution in [0.15, 0.2) is 24.3 Å². The maximum Gasteiger partial charge on any atom is 0.0408 e. The van der Waals surface area contributed by atoms with Crippen molar-refractivity contribution in [2.45, 2.75) is 43.9 Å². The Hall–Kier alpha value is -0.530. The van der Waals surface area contributed by atoms with Crippen molar-refractivity contribution in [2.24, 2.45) is 0 Å². The summed E-state index contributed by atoms with van der Waals surface area (Å²) in [5, 5.41) is 0.886. The van der Waals surface area contributed by atoms with Gasteiger partial charge in [-0.05, 0) is 56.5 Å². The molecule has 1 aromatic carbocycles. The van der Waals surface area contributed by atoms with E-state index in [2.05, 4.69) is 23.1 Å². The molecule has 0 atom stereocenters. The molecule has 0 unspecified atom stereocenters. The molecular weight excluding hydrogens is 242 g/mol. The van der Waals surface area contributed by atoms with E-state index in [1.54, 1.807) is 0 Å². The number of rotatable bonds is 3. The molecule has 0 spiro atoms. The lowest BCUT2D eigenvalue weighted by Gasteiger charge is -2.46. The zero-order chi connectivity index (χ0) is 12.4. The number of hydrogen-bond donors (Lipinski definition) is 0. The van der Waals surface area contributed by atoms with Crippen LogP contribution in [0, 0.1) is 0 Å². The number of piperidine rings is 1. The van der Waals surface area contributed by atoms with Crippen molar-refractivity contribution in [3.05, 3.63) is 34.9 Å². The van der Waals surface area contributed by atoms with Gasteiger partial charge in [-0.1, -0.05) is 36.6 Å². The van der Waals surface area contributed by atoms with Gasteiger partial charge in [0.1, 0.15) is 0 Å². The monoisotopic (exact) mass is 263 g/mol. The van der Waals surface area contributed by atoms with Crippen LogP contribution < -0.4 is 0 Å². The molecule has 1 aromatic rings. The summed E-state index contributed by atoms with van der Waals surface area (Å²) in [6, 6.07) is 8.55. The number of benzene rings is 1. The van der Waals surface area contributed by atoms with E-state index in [1.807, 2.05) is 6.07 Å². The Balaban J connectivity index is 1.77. The van der Waals surface area contributed by atoms with E-state index in [9.17, 15) is 0 Å². The summed E-state index contributed by atoms with van der Waals surface area (Å²) < 4.78 is 0. The van der Waals surface area contributed by atoms with E-state index < -0.39 is 0 Å². The van der Waals surface area contributed by atoms with E-state index in [1.165, 1.54) is 63.7 Å². The first-order valence-electron chi connectivity index (χ1n) is 7.27. The third-order valence-corrected chi connectivity index (χ3v) is 4.96. The lowest BCUT2D eigenvalue weighted by Crippen LogP contribution is -2.47. The number of likely N-dealkylation sites (tertiary alicyclic amines) is 1. The molecule has 3 rings (SSSR count). The second-order valence-electron chi connectivity index (χ2n) is 5.98. The molecule has 0 radical (unpaired) electrons. The lowest BCUT2D eigenvalue weighted by atomic mass is 9.64. The fraction of sp³-hybridized carbons (Fsp3) is 0.625. The molecule has 2 heteroatoms. The van der Waals surface area contributed by atoms with Crippen molar-refractivity contribution in [1.29, 1.82) is 0 Å². The second kappa shape index (κ2) is 5.22. The average Bonchev–Trinajstić information content (AvgIpc) is 2.35. The maximum atomic E-state index is 6.16. The smallest absolute Gasteiger partial charge is 0.0408 e. The van der Waals surface area contributed by atoms with Crippen LogP contribution in [0.3, 0.4) is 0 Å². The molecule has 0 amide bonds. The largest absolute Gasteiger partial charge is 0.302 e. The Kier molecular flexibility index (Phi) is 3.63. The summed E-state index contributed by atoms with van der Waals surface area (Å²) >= 11 is 6.16.